The molecule has 2 aromatic heterocycles. The molecule has 116 valence electrons. The summed E-state index contributed by atoms with van der Waals surface area (Å²) in [6.07, 6.45) is 8.56. The first kappa shape index (κ1) is 15.1. The Bertz CT molecular complexity index is 1060. The Morgan fingerprint density at radius 1 is 0.792 bits per heavy atom. The third-order valence-corrected chi connectivity index (χ3v) is 4.78. The minimum atomic E-state index is 1.10. The van der Waals surface area contributed by atoms with E-state index in [0.29, 0.717) is 0 Å². The van der Waals surface area contributed by atoms with E-state index in [4.69, 9.17) is 0 Å². The molecular weight excluding hydrogens is 358 g/mol. The molecule has 2 heteroatoms. The van der Waals surface area contributed by atoms with Crippen molar-refractivity contribution >= 4 is 44.4 Å². The molecule has 0 radical (unpaired) electrons. The van der Waals surface area contributed by atoms with Gasteiger partial charge in [-0.25, -0.2) is 0 Å². The Morgan fingerprint density at radius 2 is 1.54 bits per heavy atom. The number of rotatable bonds is 2. The van der Waals surface area contributed by atoms with Gasteiger partial charge in [-0.15, -0.1) is 0 Å². The lowest BCUT2D eigenvalue weighted by Gasteiger charge is -2.01. The molecule has 0 fully saturated rings. The summed E-state index contributed by atoms with van der Waals surface area (Å²) in [5.41, 5.74) is 4.91. The van der Waals surface area contributed by atoms with E-state index in [1.807, 2.05) is 0 Å². The maximum absolute atomic E-state index is 3.47. The van der Waals surface area contributed by atoms with E-state index < -0.39 is 0 Å². The molecule has 0 spiro atoms. The summed E-state index contributed by atoms with van der Waals surface area (Å²) in [5.74, 6) is 0. The van der Waals surface area contributed by atoms with Gasteiger partial charge in [-0.3, -0.25) is 0 Å². The SMILES string of the molecule is Cc1ccc2cc[n+]3ccc(/C=C/c4ccc(Br)cc4)cc3c2c1. The van der Waals surface area contributed by atoms with Crippen LogP contribution in [0.3, 0.4) is 0 Å². The average molecular weight is 375 g/mol. The van der Waals surface area contributed by atoms with Crippen molar-refractivity contribution in [3.05, 3.63) is 94.2 Å². The summed E-state index contributed by atoms with van der Waals surface area (Å²) >= 11 is 3.47. The van der Waals surface area contributed by atoms with Crippen LogP contribution in [0.4, 0.5) is 0 Å². The Morgan fingerprint density at radius 3 is 2.38 bits per heavy atom. The number of benzene rings is 2. The van der Waals surface area contributed by atoms with Crippen LogP contribution in [0.5, 0.6) is 0 Å². The molecule has 0 atom stereocenters. The van der Waals surface area contributed by atoms with Crippen molar-refractivity contribution in [2.45, 2.75) is 6.92 Å². The first-order chi connectivity index (χ1) is 11.7. The van der Waals surface area contributed by atoms with Crippen LogP contribution in [0.1, 0.15) is 16.7 Å². The van der Waals surface area contributed by atoms with Crippen molar-refractivity contribution in [2.24, 2.45) is 0 Å². The monoisotopic (exact) mass is 374 g/mol. The molecule has 2 heterocycles. The Hall–Kier alpha value is -2.45. The number of aryl methyl sites for hydroxylation is 1. The van der Waals surface area contributed by atoms with Gasteiger partial charge in [0.05, 0.1) is 5.39 Å². The zero-order valence-corrected chi connectivity index (χ0v) is 15.0. The van der Waals surface area contributed by atoms with Crippen LogP contribution < -0.4 is 4.40 Å². The highest BCUT2D eigenvalue weighted by molar-refractivity contribution is 9.10. The highest BCUT2D eigenvalue weighted by Gasteiger charge is 2.08. The normalized spacial score (nSPS) is 11.6. The van der Waals surface area contributed by atoms with Gasteiger partial charge in [-0.2, -0.15) is 4.40 Å². The van der Waals surface area contributed by atoms with E-state index in [2.05, 4.69) is 112 Å². The lowest BCUT2D eigenvalue weighted by Crippen LogP contribution is -2.20. The zero-order valence-electron chi connectivity index (χ0n) is 13.4. The van der Waals surface area contributed by atoms with Crippen LogP contribution in [0.25, 0.3) is 28.4 Å². The number of fused-ring (bicyclic) bond motifs is 3. The molecular formula is C22H17BrN+. The van der Waals surface area contributed by atoms with Crippen molar-refractivity contribution in [1.29, 1.82) is 0 Å². The van der Waals surface area contributed by atoms with Gasteiger partial charge >= 0.3 is 0 Å². The molecule has 0 saturated carbocycles. The van der Waals surface area contributed by atoms with E-state index in [-0.39, 0.29) is 0 Å². The van der Waals surface area contributed by atoms with Gasteiger partial charge in [0.25, 0.3) is 0 Å². The lowest BCUT2D eigenvalue weighted by atomic mass is 10.1. The minimum Gasteiger partial charge on any atom is -0.167 e. The molecule has 4 aromatic rings. The van der Waals surface area contributed by atoms with E-state index in [1.165, 1.54) is 33.0 Å². The Kier molecular flexibility index (Phi) is 3.91. The van der Waals surface area contributed by atoms with Crippen molar-refractivity contribution in [2.75, 3.05) is 0 Å². The quantitative estimate of drug-likeness (QED) is 0.307. The number of hydrogen-bond donors (Lipinski definition) is 0. The molecule has 4 rings (SSSR count). The van der Waals surface area contributed by atoms with Crippen molar-refractivity contribution in [3.8, 4) is 0 Å². The molecule has 2 aromatic carbocycles. The first-order valence-electron chi connectivity index (χ1n) is 7.97. The molecule has 1 nitrogen and oxygen atoms in total. The van der Waals surface area contributed by atoms with Gasteiger partial charge in [0.2, 0.25) is 5.52 Å². The van der Waals surface area contributed by atoms with E-state index in [1.54, 1.807) is 0 Å². The van der Waals surface area contributed by atoms with Crippen LogP contribution in [0.2, 0.25) is 0 Å². The summed E-state index contributed by atoms with van der Waals surface area (Å²) in [6, 6.07) is 21.5. The smallest absolute Gasteiger partial charge is 0.167 e. The van der Waals surface area contributed by atoms with Crippen LogP contribution in [-0.2, 0) is 0 Å². The number of aromatic nitrogens is 1. The number of halogens is 1. The highest BCUT2D eigenvalue weighted by Crippen LogP contribution is 2.20. The van der Waals surface area contributed by atoms with E-state index in [9.17, 15) is 0 Å². The fourth-order valence-corrected chi connectivity index (χ4v) is 3.21. The van der Waals surface area contributed by atoms with Gasteiger partial charge in [-0.1, -0.05) is 57.9 Å². The second-order valence-electron chi connectivity index (χ2n) is 6.04. The second kappa shape index (κ2) is 6.21. The fourth-order valence-electron chi connectivity index (χ4n) is 2.94. The molecule has 0 bridgehead atoms. The molecule has 0 unspecified atom stereocenters. The Balaban J connectivity index is 1.80. The van der Waals surface area contributed by atoms with Crippen molar-refractivity contribution < 1.29 is 4.40 Å². The fraction of sp³-hybridized carbons (Fsp3) is 0.0455. The number of pyridine rings is 2. The van der Waals surface area contributed by atoms with Crippen LogP contribution in [0.15, 0.2) is 77.5 Å². The third-order valence-electron chi connectivity index (χ3n) is 4.25. The van der Waals surface area contributed by atoms with Gasteiger partial charge < -0.3 is 0 Å². The predicted octanol–water partition coefficient (Wildman–Crippen LogP) is 5.82. The average Bonchev–Trinajstić information content (AvgIpc) is 2.61. The largest absolute Gasteiger partial charge is 0.219 e. The van der Waals surface area contributed by atoms with Gasteiger partial charge in [0, 0.05) is 22.7 Å². The highest BCUT2D eigenvalue weighted by atomic mass is 79.9. The second-order valence-corrected chi connectivity index (χ2v) is 6.96. The molecule has 24 heavy (non-hydrogen) atoms. The van der Waals surface area contributed by atoms with Gasteiger partial charge in [0.1, 0.15) is 0 Å². The molecule has 0 aliphatic heterocycles. The van der Waals surface area contributed by atoms with Gasteiger partial charge in [-0.05, 0) is 41.6 Å². The predicted molar refractivity (Wildman–Crippen MR) is 105 cm³/mol. The number of nitrogens with zero attached hydrogens (tertiary/aromatic N) is 1. The molecule has 0 N–H and O–H groups in total. The number of hydrogen-bond acceptors (Lipinski definition) is 0. The van der Waals surface area contributed by atoms with Crippen molar-refractivity contribution in [3.63, 3.8) is 0 Å². The maximum atomic E-state index is 3.47. The standard InChI is InChI=1S/C22H17BrN/c1-16-2-7-19-11-13-24-12-10-18(15-22(24)21(19)14-16)4-3-17-5-8-20(23)9-6-17/h2-15H,1H3/q+1/b4-3+. The lowest BCUT2D eigenvalue weighted by molar-refractivity contribution is -0.510. The molecule has 0 aliphatic rings. The van der Waals surface area contributed by atoms with Gasteiger partial charge in [0.15, 0.2) is 12.4 Å². The Labute approximate surface area is 150 Å². The van der Waals surface area contributed by atoms with E-state index >= 15 is 0 Å². The summed E-state index contributed by atoms with van der Waals surface area (Å²) in [5, 5.41) is 2.56. The van der Waals surface area contributed by atoms with Crippen LogP contribution in [-0.4, -0.2) is 0 Å². The molecule has 0 amide bonds. The summed E-state index contributed by atoms with van der Waals surface area (Å²) < 4.78 is 3.28. The summed E-state index contributed by atoms with van der Waals surface area (Å²) in [4.78, 5) is 0. The van der Waals surface area contributed by atoms with Crippen molar-refractivity contribution in [1.82, 2.24) is 0 Å². The van der Waals surface area contributed by atoms with Crippen LogP contribution in [0, 0.1) is 6.92 Å². The third kappa shape index (κ3) is 2.98. The molecule has 0 saturated heterocycles. The zero-order chi connectivity index (χ0) is 16.5. The molecule has 0 aliphatic carbocycles. The van der Waals surface area contributed by atoms with E-state index in [0.717, 1.165) is 4.47 Å². The topological polar surface area (TPSA) is 4.10 Å². The summed E-state index contributed by atoms with van der Waals surface area (Å²) in [7, 11) is 0. The maximum Gasteiger partial charge on any atom is 0.219 e. The first-order valence-corrected chi connectivity index (χ1v) is 8.76. The minimum absolute atomic E-state index is 1.10. The van der Waals surface area contributed by atoms with Crippen LogP contribution >= 0.6 is 15.9 Å². The summed E-state index contributed by atoms with van der Waals surface area (Å²) in [6.45, 7) is 2.14.